The van der Waals surface area contributed by atoms with Gasteiger partial charge >= 0.3 is 0 Å². The third-order valence-electron chi connectivity index (χ3n) is 4.59. The monoisotopic (exact) mass is 374 g/mol. The Morgan fingerprint density at radius 3 is 2.30 bits per heavy atom. The first-order valence-corrected chi connectivity index (χ1v) is 8.65. The summed E-state index contributed by atoms with van der Waals surface area (Å²) >= 11 is 0. The van der Waals surface area contributed by atoms with Crippen molar-refractivity contribution in [3.05, 3.63) is 54.1 Å². The van der Waals surface area contributed by atoms with Gasteiger partial charge < -0.3 is 34.7 Å². The highest BCUT2D eigenvalue weighted by Crippen LogP contribution is 2.34. The van der Waals surface area contributed by atoms with Crippen molar-refractivity contribution in [2.24, 2.45) is 0 Å². The average molecular weight is 374 g/mol. The van der Waals surface area contributed by atoms with Crippen LogP contribution in [0.2, 0.25) is 0 Å². The van der Waals surface area contributed by atoms with Crippen LogP contribution in [0, 0.1) is 0 Å². The second kappa shape index (κ2) is 8.60. The molecule has 3 rings (SSSR count). The number of rotatable bonds is 6. The van der Waals surface area contributed by atoms with Gasteiger partial charge in [0.25, 0.3) is 0 Å². The SMILES string of the molecule is O=CCc1ccccc1-c1ccccc1O[C@@H]1O[C@H](CO)[C@@H](O)[C@H](O)[C@@H]1O. The molecule has 0 spiro atoms. The number of benzene rings is 2. The number of carbonyl (C=O) groups excluding carboxylic acids is 1. The van der Waals surface area contributed by atoms with Crippen molar-refractivity contribution in [1.82, 2.24) is 0 Å². The Morgan fingerprint density at radius 2 is 1.59 bits per heavy atom. The minimum absolute atomic E-state index is 0.241. The van der Waals surface area contributed by atoms with Crippen LogP contribution in [0.25, 0.3) is 11.1 Å². The lowest BCUT2D eigenvalue weighted by atomic mass is 9.97. The second-order valence-electron chi connectivity index (χ2n) is 6.34. The van der Waals surface area contributed by atoms with E-state index in [0.717, 1.165) is 17.4 Å². The molecule has 0 aliphatic carbocycles. The Hall–Kier alpha value is -2.29. The lowest BCUT2D eigenvalue weighted by Crippen LogP contribution is -2.60. The molecule has 1 saturated heterocycles. The van der Waals surface area contributed by atoms with Crippen LogP contribution >= 0.6 is 0 Å². The van der Waals surface area contributed by atoms with E-state index in [1.807, 2.05) is 36.4 Å². The van der Waals surface area contributed by atoms with Gasteiger partial charge in [0.2, 0.25) is 6.29 Å². The molecule has 0 radical (unpaired) electrons. The van der Waals surface area contributed by atoms with Crippen molar-refractivity contribution in [3.8, 4) is 16.9 Å². The van der Waals surface area contributed by atoms with Gasteiger partial charge in [-0.3, -0.25) is 0 Å². The first kappa shape index (κ1) is 19.5. The molecule has 7 heteroatoms. The van der Waals surface area contributed by atoms with Gasteiger partial charge in [-0.05, 0) is 17.2 Å². The molecule has 0 bridgehead atoms. The number of aliphatic hydroxyl groups excluding tert-OH is 4. The zero-order chi connectivity index (χ0) is 19.4. The topological polar surface area (TPSA) is 116 Å². The molecule has 5 atom stereocenters. The molecule has 1 aliphatic rings. The summed E-state index contributed by atoms with van der Waals surface area (Å²) in [5.41, 5.74) is 2.30. The molecule has 0 amide bonds. The predicted octanol–water partition coefficient (Wildman–Crippen LogP) is 0.274. The van der Waals surface area contributed by atoms with E-state index >= 15 is 0 Å². The van der Waals surface area contributed by atoms with E-state index < -0.39 is 37.3 Å². The van der Waals surface area contributed by atoms with Gasteiger partial charge in [0.05, 0.1) is 6.61 Å². The van der Waals surface area contributed by atoms with E-state index in [-0.39, 0.29) is 6.42 Å². The molecule has 0 aromatic heterocycles. The molecule has 1 aliphatic heterocycles. The van der Waals surface area contributed by atoms with E-state index in [0.29, 0.717) is 11.3 Å². The van der Waals surface area contributed by atoms with Gasteiger partial charge in [-0.15, -0.1) is 0 Å². The zero-order valence-electron chi connectivity index (χ0n) is 14.5. The van der Waals surface area contributed by atoms with Crippen molar-refractivity contribution in [1.29, 1.82) is 0 Å². The van der Waals surface area contributed by atoms with E-state index in [1.54, 1.807) is 12.1 Å². The van der Waals surface area contributed by atoms with Crippen molar-refractivity contribution >= 4 is 6.29 Å². The molecule has 1 fully saturated rings. The second-order valence-corrected chi connectivity index (χ2v) is 6.34. The normalized spacial score (nSPS) is 27.9. The predicted molar refractivity (Wildman–Crippen MR) is 96.0 cm³/mol. The zero-order valence-corrected chi connectivity index (χ0v) is 14.5. The molecule has 144 valence electrons. The van der Waals surface area contributed by atoms with E-state index in [9.17, 15) is 25.2 Å². The third kappa shape index (κ3) is 4.02. The van der Waals surface area contributed by atoms with Crippen LogP contribution in [0.3, 0.4) is 0 Å². The van der Waals surface area contributed by atoms with Crippen LogP contribution in [0.5, 0.6) is 5.75 Å². The fourth-order valence-corrected chi connectivity index (χ4v) is 3.13. The number of carbonyl (C=O) groups is 1. The Morgan fingerprint density at radius 1 is 0.926 bits per heavy atom. The fourth-order valence-electron chi connectivity index (χ4n) is 3.13. The van der Waals surface area contributed by atoms with Crippen LogP contribution in [0.1, 0.15) is 5.56 Å². The van der Waals surface area contributed by atoms with E-state index in [2.05, 4.69) is 0 Å². The maximum absolute atomic E-state index is 11.0. The summed E-state index contributed by atoms with van der Waals surface area (Å²) in [6, 6.07) is 14.4. The summed E-state index contributed by atoms with van der Waals surface area (Å²) in [5.74, 6) is 0.375. The summed E-state index contributed by atoms with van der Waals surface area (Å²) in [4.78, 5) is 11.0. The highest BCUT2D eigenvalue weighted by atomic mass is 16.7. The summed E-state index contributed by atoms with van der Waals surface area (Å²) in [7, 11) is 0. The highest BCUT2D eigenvalue weighted by molar-refractivity contribution is 5.75. The minimum atomic E-state index is -1.52. The molecule has 2 aromatic carbocycles. The van der Waals surface area contributed by atoms with Crippen LogP contribution in [-0.2, 0) is 16.0 Å². The lowest BCUT2D eigenvalue weighted by molar-refractivity contribution is -0.277. The summed E-state index contributed by atoms with van der Waals surface area (Å²) in [6.45, 7) is -0.533. The summed E-state index contributed by atoms with van der Waals surface area (Å²) in [6.07, 6.45) is -5.74. The van der Waals surface area contributed by atoms with Gasteiger partial charge in [0.1, 0.15) is 36.5 Å². The first-order valence-electron chi connectivity index (χ1n) is 8.65. The van der Waals surface area contributed by atoms with Crippen molar-refractivity contribution in [2.75, 3.05) is 6.61 Å². The molecule has 7 nitrogen and oxygen atoms in total. The van der Waals surface area contributed by atoms with Crippen LogP contribution in [0.15, 0.2) is 48.5 Å². The number of aliphatic hydroxyl groups is 4. The maximum atomic E-state index is 11.0. The molecule has 1 heterocycles. The molecular weight excluding hydrogens is 352 g/mol. The summed E-state index contributed by atoms with van der Waals surface area (Å²) in [5, 5.41) is 39.3. The smallest absolute Gasteiger partial charge is 0.229 e. The number of para-hydroxylation sites is 1. The molecule has 0 unspecified atom stereocenters. The number of hydrogen-bond donors (Lipinski definition) is 4. The Kier molecular flexibility index (Phi) is 6.20. The van der Waals surface area contributed by atoms with Crippen LogP contribution < -0.4 is 4.74 Å². The third-order valence-corrected chi connectivity index (χ3v) is 4.59. The quantitative estimate of drug-likeness (QED) is 0.537. The number of hydrogen-bond acceptors (Lipinski definition) is 7. The van der Waals surface area contributed by atoms with Crippen LogP contribution in [-0.4, -0.2) is 64.0 Å². The first-order chi connectivity index (χ1) is 13.1. The van der Waals surface area contributed by atoms with Crippen molar-refractivity contribution in [2.45, 2.75) is 37.1 Å². The Labute approximate surface area is 156 Å². The lowest BCUT2D eigenvalue weighted by Gasteiger charge is -2.39. The number of ether oxygens (including phenoxy) is 2. The summed E-state index contributed by atoms with van der Waals surface area (Å²) < 4.78 is 11.2. The van der Waals surface area contributed by atoms with Gasteiger partial charge in [-0.25, -0.2) is 0 Å². The molecule has 0 saturated carbocycles. The molecule has 4 N–H and O–H groups in total. The molecular formula is C20H22O7. The Bertz CT molecular complexity index is 776. The minimum Gasteiger partial charge on any atom is -0.461 e. The van der Waals surface area contributed by atoms with Gasteiger partial charge in [-0.1, -0.05) is 42.5 Å². The van der Waals surface area contributed by atoms with E-state index in [1.165, 1.54) is 0 Å². The van der Waals surface area contributed by atoms with E-state index in [4.69, 9.17) is 9.47 Å². The maximum Gasteiger partial charge on any atom is 0.229 e. The van der Waals surface area contributed by atoms with Gasteiger partial charge in [0, 0.05) is 12.0 Å². The largest absolute Gasteiger partial charge is 0.461 e. The Balaban J connectivity index is 1.92. The van der Waals surface area contributed by atoms with Crippen molar-refractivity contribution in [3.63, 3.8) is 0 Å². The van der Waals surface area contributed by atoms with Crippen LogP contribution in [0.4, 0.5) is 0 Å². The standard InChI is InChI=1S/C20H22O7/c21-10-9-12-5-1-2-6-13(12)14-7-3-4-8-15(14)26-20-19(25)18(24)17(23)16(11-22)27-20/h1-8,10,16-20,22-25H,9,11H2/t16-,17-,18+,19+,20-/m1/s1. The fraction of sp³-hybridized carbons (Fsp3) is 0.350. The highest BCUT2D eigenvalue weighted by Gasteiger charge is 2.44. The van der Waals surface area contributed by atoms with Crippen molar-refractivity contribution < 1.29 is 34.7 Å². The average Bonchev–Trinajstić information content (AvgIpc) is 2.69. The molecule has 27 heavy (non-hydrogen) atoms. The van der Waals surface area contributed by atoms with Gasteiger partial charge in [0.15, 0.2) is 0 Å². The van der Waals surface area contributed by atoms with Gasteiger partial charge in [-0.2, -0.15) is 0 Å². The molecule has 2 aromatic rings. The number of aldehydes is 1.